The molecule has 1 fully saturated rings. The molecule has 0 radical (unpaired) electrons. The topological polar surface area (TPSA) is 91.8 Å². The summed E-state index contributed by atoms with van der Waals surface area (Å²) in [6, 6.07) is 3.74. The summed E-state index contributed by atoms with van der Waals surface area (Å²) in [5, 5.41) is 9.04. The van der Waals surface area contributed by atoms with Crippen molar-refractivity contribution in [1.29, 1.82) is 0 Å². The third kappa shape index (κ3) is 3.66. The number of sulfone groups is 1. The predicted octanol–water partition coefficient (Wildman–Crippen LogP) is 1.30. The first kappa shape index (κ1) is 17.3. The van der Waals surface area contributed by atoms with Gasteiger partial charge in [0.2, 0.25) is 15.7 Å². The summed E-state index contributed by atoms with van der Waals surface area (Å²) in [4.78, 5) is 23.9. The average Bonchev–Trinajstić information content (AvgIpc) is 2.97. The number of carbonyl (C=O) groups excluding carboxylic acids is 1. The van der Waals surface area contributed by atoms with E-state index in [0.717, 1.165) is 12.1 Å². The standard InChI is InChI=1S/C14H15F2NO5S/c15-14(16)23(21,22)10-5-3-9(4-6-10)8-12(18)17-7-1-2-11(17)13(19)20/h3-6,11,14H,1-2,7-8H2,(H,19,20). The number of carboxylic acids is 1. The second-order valence-corrected chi connectivity index (χ2v) is 7.13. The molecule has 1 aliphatic heterocycles. The number of hydrogen-bond acceptors (Lipinski definition) is 4. The van der Waals surface area contributed by atoms with Gasteiger partial charge >= 0.3 is 11.7 Å². The van der Waals surface area contributed by atoms with Crippen LogP contribution in [-0.2, 0) is 25.8 Å². The van der Waals surface area contributed by atoms with E-state index in [1.54, 1.807) is 0 Å². The Kier molecular flexibility index (Phi) is 4.98. The number of carbonyl (C=O) groups is 2. The van der Waals surface area contributed by atoms with Gasteiger partial charge in [-0.25, -0.2) is 13.2 Å². The van der Waals surface area contributed by atoms with Gasteiger partial charge in [-0.1, -0.05) is 12.1 Å². The molecule has 1 heterocycles. The van der Waals surface area contributed by atoms with Crippen LogP contribution in [0.1, 0.15) is 18.4 Å². The van der Waals surface area contributed by atoms with Gasteiger partial charge in [-0.15, -0.1) is 0 Å². The van der Waals surface area contributed by atoms with Crippen LogP contribution < -0.4 is 0 Å². The first-order valence-corrected chi connectivity index (χ1v) is 8.41. The number of nitrogens with zero attached hydrogens (tertiary/aromatic N) is 1. The molecule has 1 aromatic rings. The molecule has 1 N–H and O–H groups in total. The summed E-state index contributed by atoms with van der Waals surface area (Å²) in [5.41, 5.74) is 0.430. The minimum atomic E-state index is -4.66. The highest BCUT2D eigenvalue weighted by molar-refractivity contribution is 7.91. The Hall–Kier alpha value is -2.03. The maximum atomic E-state index is 12.4. The Balaban J connectivity index is 2.09. The number of likely N-dealkylation sites (tertiary alicyclic amines) is 1. The van der Waals surface area contributed by atoms with Gasteiger partial charge in [-0.05, 0) is 30.5 Å². The van der Waals surface area contributed by atoms with Gasteiger partial charge < -0.3 is 10.0 Å². The third-order valence-corrected chi connectivity index (χ3v) is 5.10. The van der Waals surface area contributed by atoms with Crippen LogP contribution in [0.2, 0.25) is 0 Å². The lowest BCUT2D eigenvalue weighted by Gasteiger charge is -2.21. The lowest BCUT2D eigenvalue weighted by atomic mass is 10.1. The minimum absolute atomic E-state index is 0.112. The quantitative estimate of drug-likeness (QED) is 0.867. The van der Waals surface area contributed by atoms with Crippen molar-refractivity contribution < 1.29 is 31.9 Å². The molecule has 1 atom stereocenters. The molecule has 0 spiro atoms. The van der Waals surface area contributed by atoms with Gasteiger partial charge in [0, 0.05) is 6.54 Å². The maximum absolute atomic E-state index is 12.4. The van der Waals surface area contributed by atoms with E-state index in [1.165, 1.54) is 17.0 Å². The van der Waals surface area contributed by atoms with Crippen LogP contribution in [-0.4, -0.2) is 48.6 Å². The van der Waals surface area contributed by atoms with Crippen molar-refractivity contribution in [2.45, 2.75) is 36.0 Å². The smallest absolute Gasteiger partial charge is 0.341 e. The molecule has 0 aliphatic carbocycles. The van der Waals surface area contributed by atoms with Gasteiger partial charge in [-0.3, -0.25) is 4.79 Å². The molecule has 1 saturated heterocycles. The Morgan fingerprint density at radius 2 is 1.87 bits per heavy atom. The van der Waals surface area contributed by atoms with E-state index in [9.17, 15) is 26.8 Å². The highest BCUT2D eigenvalue weighted by Crippen LogP contribution is 2.21. The molecule has 1 aliphatic rings. The fourth-order valence-electron chi connectivity index (χ4n) is 2.50. The summed E-state index contributed by atoms with van der Waals surface area (Å²) >= 11 is 0. The number of halogens is 2. The fraction of sp³-hybridized carbons (Fsp3) is 0.429. The second kappa shape index (κ2) is 6.61. The molecule has 9 heteroatoms. The Bertz CT molecular complexity index is 702. The van der Waals surface area contributed by atoms with Crippen LogP contribution in [0.3, 0.4) is 0 Å². The zero-order chi connectivity index (χ0) is 17.2. The molecule has 23 heavy (non-hydrogen) atoms. The Morgan fingerprint density at radius 3 is 2.39 bits per heavy atom. The van der Waals surface area contributed by atoms with Crippen molar-refractivity contribution in [1.82, 2.24) is 4.90 Å². The molecule has 126 valence electrons. The van der Waals surface area contributed by atoms with Gasteiger partial charge in [0.15, 0.2) is 0 Å². The molecule has 1 unspecified atom stereocenters. The van der Waals surface area contributed by atoms with E-state index < -0.39 is 32.5 Å². The second-order valence-electron chi connectivity index (χ2n) is 5.21. The summed E-state index contributed by atoms with van der Waals surface area (Å²) in [6.07, 6.45) is 0.889. The number of rotatable bonds is 5. The van der Waals surface area contributed by atoms with Crippen LogP contribution in [0.15, 0.2) is 29.2 Å². The molecule has 0 saturated carbocycles. The first-order valence-electron chi connectivity index (χ1n) is 6.86. The SMILES string of the molecule is O=C(O)C1CCCN1C(=O)Cc1ccc(S(=O)(=O)C(F)F)cc1. The van der Waals surface area contributed by atoms with Gasteiger partial charge in [0.05, 0.1) is 11.3 Å². The Morgan fingerprint density at radius 1 is 1.26 bits per heavy atom. The number of benzene rings is 1. The molecule has 0 aromatic heterocycles. The first-order chi connectivity index (χ1) is 10.7. The lowest BCUT2D eigenvalue weighted by Crippen LogP contribution is -2.41. The molecular formula is C14H15F2NO5S. The van der Waals surface area contributed by atoms with Crippen LogP contribution in [0, 0.1) is 0 Å². The zero-order valence-electron chi connectivity index (χ0n) is 12.0. The summed E-state index contributed by atoms with van der Waals surface area (Å²) in [6.45, 7) is 0.355. The highest BCUT2D eigenvalue weighted by atomic mass is 32.2. The van der Waals surface area contributed by atoms with E-state index in [1.807, 2.05) is 0 Å². The number of hydrogen-bond donors (Lipinski definition) is 1. The minimum Gasteiger partial charge on any atom is -0.480 e. The lowest BCUT2D eigenvalue weighted by molar-refractivity contribution is -0.148. The zero-order valence-corrected chi connectivity index (χ0v) is 12.8. The summed E-state index contributed by atoms with van der Waals surface area (Å²) in [5.74, 6) is -4.95. The van der Waals surface area contributed by atoms with Crippen molar-refractivity contribution in [2.75, 3.05) is 6.54 Å². The predicted molar refractivity (Wildman–Crippen MR) is 75.7 cm³/mol. The van der Waals surface area contributed by atoms with Crippen LogP contribution in [0.5, 0.6) is 0 Å². The summed E-state index contributed by atoms with van der Waals surface area (Å²) < 4.78 is 47.5. The number of amides is 1. The van der Waals surface area contributed by atoms with E-state index in [0.29, 0.717) is 24.9 Å². The van der Waals surface area contributed by atoms with Gasteiger partial charge in [0.1, 0.15) is 6.04 Å². The van der Waals surface area contributed by atoms with Crippen molar-refractivity contribution in [3.8, 4) is 0 Å². The summed E-state index contributed by atoms with van der Waals surface area (Å²) in [7, 11) is -4.66. The Labute approximate surface area is 131 Å². The molecule has 1 amide bonds. The van der Waals surface area contributed by atoms with Crippen molar-refractivity contribution in [2.24, 2.45) is 0 Å². The monoisotopic (exact) mass is 347 g/mol. The van der Waals surface area contributed by atoms with Crippen molar-refractivity contribution >= 4 is 21.7 Å². The maximum Gasteiger partial charge on any atom is 0.341 e. The number of aliphatic carboxylic acids is 1. The molecule has 2 rings (SSSR count). The van der Waals surface area contributed by atoms with E-state index in [4.69, 9.17) is 5.11 Å². The van der Waals surface area contributed by atoms with E-state index in [2.05, 4.69) is 0 Å². The number of carboxylic acid groups (broad SMARTS) is 1. The van der Waals surface area contributed by atoms with Crippen LogP contribution in [0.4, 0.5) is 8.78 Å². The highest BCUT2D eigenvalue weighted by Gasteiger charge is 2.33. The average molecular weight is 347 g/mol. The van der Waals surface area contributed by atoms with E-state index in [-0.39, 0.29) is 12.3 Å². The van der Waals surface area contributed by atoms with E-state index >= 15 is 0 Å². The third-order valence-electron chi connectivity index (χ3n) is 3.70. The van der Waals surface area contributed by atoms with Gasteiger partial charge in [0.25, 0.3) is 0 Å². The fourth-order valence-corrected chi connectivity index (χ4v) is 3.22. The van der Waals surface area contributed by atoms with Crippen LogP contribution in [0.25, 0.3) is 0 Å². The molecule has 6 nitrogen and oxygen atoms in total. The number of alkyl halides is 2. The van der Waals surface area contributed by atoms with Crippen molar-refractivity contribution in [3.05, 3.63) is 29.8 Å². The normalized spacial score (nSPS) is 18.4. The van der Waals surface area contributed by atoms with Crippen LogP contribution >= 0.6 is 0 Å². The largest absolute Gasteiger partial charge is 0.480 e. The molecule has 1 aromatic carbocycles. The molecular weight excluding hydrogens is 332 g/mol. The van der Waals surface area contributed by atoms with Gasteiger partial charge in [-0.2, -0.15) is 8.78 Å². The molecule has 0 bridgehead atoms. The van der Waals surface area contributed by atoms with Crippen molar-refractivity contribution in [3.63, 3.8) is 0 Å².